The van der Waals surface area contributed by atoms with Crippen molar-refractivity contribution in [2.24, 2.45) is 0 Å². The van der Waals surface area contributed by atoms with E-state index in [2.05, 4.69) is 6.92 Å². The van der Waals surface area contributed by atoms with E-state index >= 15 is 0 Å². The molecule has 3 nitrogen and oxygen atoms in total. The van der Waals surface area contributed by atoms with Crippen molar-refractivity contribution in [1.29, 1.82) is 0 Å². The summed E-state index contributed by atoms with van der Waals surface area (Å²) in [4.78, 5) is 10.4. The van der Waals surface area contributed by atoms with E-state index in [1.165, 1.54) is 12.2 Å². The first-order chi connectivity index (χ1) is 8.72. The summed E-state index contributed by atoms with van der Waals surface area (Å²) in [6, 6.07) is 7.39. The predicted molar refractivity (Wildman–Crippen MR) is 76.2 cm³/mol. The topological polar surface area (TPSA) is 46.5 Å². The predicted octanol–water partition coefficient (Wildman–Crippen LogP) is 3.31. The molecule has 0 saturated carbocycles. The van der Waals surface area contributed by atoms with Crippen LogP contribution in [0.1, 0.15) is 18.9 Å². The number of carboxylic acids is 1. The Morgan fingerprint density at radius 1 is 1.33 bits per heavy atom. The molecule has 0 amide bonds. The van der Waals surface area contributed by atoms with Crippen LogP contribution in [-0.4, -0.2) is 29.2 Å². The van der Waals surface area contributed by atoms with E-state index in [9.17, 15) is 4.79 Å². The largest absolute Gasteiger partial charge is 0.493 e. The minimum absolute atomic E-state index is 0.703. The van der Waals surface area contributed by atoms with E-state index in [0.29, 0.717) is 6.61 Å². The Hall–Kier alpha value is -1.42. The molecule has 1 aromatic rings. The first-order valence-corrected chi connectivity index (χ1v) is 7.09. The second-order valence-corrected chi connectivity index (χ2v) is 4.93. The molecule has 0 heterocycles. The fourth-order valence-electron chi connectivity index (χ4n) is 1.31. The van der Waals surface area contributed by atoms with Crippen molar-refractivity contribution in [3.05, 3.63) is 35.9 Å². The van der Waals surface area contributed by atoms with Gasteiger partial charge >= 0.3 is 5.97 Å². The van der Waals surface area contributed by atoms with Crippen LogP contribution in [0.3, 0.4) is 0 Å². The van der Waals surface area contributed by atoms with Gasteiger partial charge in [0, 0.05) is 11.8 Å². The van der Waals surface area contributed by atoms with Crippen LogP contribution in [0.4, 0.5) is 0 Å². The van der Waals surface area contributed by atoms with Crippen molar-refractivity contribution in [3.8, 4) is 5.75 Å². The molecule has 0 spiro atoms. The highest BCUT2D eigenvalue weighted by molar-refractivity contribution is 7.99. The van der Waals surface area contributed by atoms with Gasteiger partial charge in [0.1, 0.15) is 5.75 Å². The molecule has 0 saturated heterocycles. The monoisotopic (exact) mass is 266 g/mol. The second kappa shape index (κ2) is 8.64. The van der Waals surface area contributed by atoms with Gasteiger partial charge in [0.25, 0.3) is 0 Å². The van der Waals surface area contributed by atoms with Gasteiger partial charge in [-0.1, -0.05) is 19.1 Å². The van der Waals surface area contributed by atoms with Crippen molar-refractivity contribution < 1.29 is 14.6 Å². The Morgan fingerprint density at radius 3 is 2.67 bits per heavy atom. The van der Waals surface area contributed by atoms with Gasteiger partial charge in [-0.3, -0.25) is 0 Å². The molecule has 0 atom stereocenters. The summed E-state index contributed by atoms with van der Waals surface area (Å²) in [5.74, 6) is 2.04. The second-order valence-electron chi connectivity index (χ2n) is 3.70. The summed E-state index contributed by atoms with van der Waals surface area (Å²) < 4.78 is 5.57. The number of ether oxygens (including phenoxy) is 1. The van der Waals surface area contributed by atoms with Crippen LogP contribution in [0.5, 0.6) is 5.75 Å². The number of carbonyl (C=O) groups is 1. The number of aliphatic carboxylic acids is 1. The number of carboxylic acid groups (broad SMARTS) is 1. The van der Waals surface area contributed by atoms with Gasteiger partial charge in [-0.05, 0) is 35.9 Å². The minimum atomic E-state index is -0.941. The van der Waals surface area contributed by atoms with E-state index in [1.807, 2.05) is 36.0 Å². The van der Waals surface area contributed by atoms with Crippen molar-refractivity contribution in [1.82, 2.24) is 0 Å². The maximum Gasteiger partial charge on any atom is 0.328 e. The highest BCUT2D eigenvalue weighted by atomic mass is 32.2. The van der Waals surface area contributed by atoms with Gasteiger partial charge in [0.15, 0.2) is 0 Å². The summed E-state index contributed by atoms with van der Waals surface area (Å²) >= 11 is 1.89. The molecule has 0 aliphatic heterocycles. The lowest BCUT2D eigenvalue weighted by Crippen LogP contribution is -2.00. The summed E-state index contributed by atoms with van der Waals surface area (Å²) in [6.45, 7) is 2.87. The van der Waals surface area contributed by atoms with E-state index in [0.717, 1.165) is 23.1 Å². The van der Waals surface area contributed by atoms with Gasteiger partial charge in [0.2, 0.25) is 0 Å². The van der Waals surface area contributed by atoms with Crippen molar-refractivity contribution in [2.75, 3.05) is 18.1 Å². The Kier molecular flexibility index (Phi) is 7.03. The molecule has 1 aromatic carbocycles. The molecule has 98 valence electrons. The Bertz CT molecular complexity index is 385. The Balaban J connectivity index is 2.34. The van der Waals surface area contributed by atoms with Gasteiger partial charge in [-0.2, -0.15) is 11.8 Å². The molecular weight excluding hydrogens is 248 g/mol. The molecule has 0 aliphatic rings. The average Bonchev–Trinajstić information content (AvgIpc) is 2.37. The minimum Gasteiger partial charge on any atom is -0.493 e. The Morgan fingerprint density at radius 2 is 2.06 bits per heavy atom. The third kappa shape index (κ3) is 6.35. The zero-order valence-electron chi connectivity index (χ0n) is 10.5. The fourth-order valence-corrected chi connectivity index (χ4v) is 2.00. The lowest BCUT2D eigenvalue weighted by Gasteiger charge is -2.05. The first kappa shape index (κ1) is 14.6. The van der Waals surface area contributed by atoms with Crippen LogP contribution < -0.4 is 4.74 Å². The van der Waals surface area contributed by atoms with Gasteiger partial charge in [0.05, 0.1) is 6.61 Å². The van der Waals surface area contributed by atoms with E-state index < -0.39 is 5.97 Å². The van der Waals surface area contributed by atoms with Gasteiger partial charge < -0.3 is 9.84 Å². The van der Waals surface area contributed by atoms with Crippen LogP contribution in [0.15, 0.2) is 30.3 Å². The molecule has 18 heavy (non-hydrogen) atoms. The number of hydrogen-bond acceptors (Lipinski definition) is 3. The molecule has 0 bridgehead atoms. The lowest BCUT2D eigenvalue weighted by molar-refractivity contribution is -0.131. The van der Waals surface area contributed by atoms with Crippen molar-refractivity contribution >= 4 is 23.8 Å². The molecule has 0 aliphatic carbocycles. The molecular formula is C14H18O3S. The molecule has 1 rings (SSSR count). The normalized spacial score (nSPS) is 10.7. The van der Waals surface area contributed by atoms with Crippen LogP contribution in [0, 0.1) is 0 Å². The van der Waals surface area contributed by atoms with Crippen LogP contribution in [0.25, 0.3) is 6.08 Å². The third-order valence-electron chi connectivity index (χ3n) is 2.14. The third-order valence-corrected chi connectivity index (χ3v) is 3.30. The van der Waals surface area contributed by atoms with E-state index in [1.54, 1.807) is 6.08 Å². The molecule has 4 heteroatoms. The number of rotatable bonds is 8. The SMILES string of the molecule is CCCSCCOc1ccc(/C=C/C(=O)O)cc1. The molecule has 0 aromatic heterocycles. The standard InChI is InChI=1S/C14H18O3S/c1-2-10-18-11-9-17-13-6-3-12(4-7-13)5-8-14(15)16/h3-8H,2,9-11H2,1H3,(H,15,16)/b8-5+. The smallest absolute Gasteiger partial charge is 0.328 e. The molecule has 0 fully saturated rings. The molecule has 0 unspecified atom stereocenters. The number of benzene rings is 1. The molecule has 1 N–H and O–H groups in total. The van der Waals surface area contributed by atoms with E-state index in [4.69, 9.17) is 9.84 Å². The van der Waals surface area contributed by atoms with Gasteiger partial charge in [-0.15, -0.1) is 0 Å². The van der Waals surface area contributed by atoms with Crippen molar-refractivity contribution in [3.63, 3.8) is 0 Å². The highest BCUT2D eigenvalue weighted by Gasteiger charge is 1.95. The first-order valence-electron chi connectivity index (χ1n) is 5.94. The van der Waals surface area contributed by atoms with Gasteiger partial charge in [-0.25, -0.2) is 4.79 Å². The molecule has 0 radical (unpaired) electrons. The van der Waals surface area contributed by atoms with Crippen LogP contribution in [0.2, 0.25) is 0 Å². The average molecular weight is 266 g/mol. The van der Waals surface area contributed by atoms with Crippen LogP contribution in [-0.2, 0) is 4.79 Å². The summed E-state index contributed by atoms with van der Waals surface area (Å²) in [5, 5.41) is 8.50. The summed E-state index contributed by atoms with van der Waals surface area (Å²) in [6.07, 6.45) is 3.87. The lowest BCUT2D eigenvalue weighted by atomic mass is 10.2. The van der Waals surface area contributed by atoms with Crippen molar-refractivity contribution in [2.45, 2.75) is 13.3 Å². The van der Waals surface area contributed by atoms with Crippen LogP contribution >= 0.6 is 11.8 Å². The fraction of sp³-hybridized carbons (Fsp3) is 0.357. The Labute approximate surface area is 112 Å². The number of thioether (sulfide) groups is 1. The summed E-state index contributed by atoms with van der Waals surface area (Å²) in [7, 11) is 0. The highest BCUT2D eigenvalue weighted by Crippen LogP contribution is 2.13. The maximum absolute atomic E-state index is 10.4. The summed E-state index contributed by atoms with van der Waals surface area (Å²) in [5.41, 5.74) is 0.852. The van der Waals surface area contributed by atoms with E-state index in [-0.39, 0.29) is 0 Å². The maximum atomic E-state index is 10.4. The zero-order chi connectivity index (χ0) is 13.2. The zero-order valence-corrected chi connectivity index (χ0v) is 11.3. The number of hydrogen-bond donors (Lipinski definition) is 1. The quantitative estimate of drug-likeness (QED) is 0.579.